The first-order valence-electron chi connectivity index (χ1n) is 10.6. The molecule has 1 atom stereocenters. The number of likely N-dealkylation sites (N-methyl/N-ethyl adjacent to an activating group) is 1. The zero-order chi connectivity index (χ0) is 19.3. The van der Waals surface area contributed by atoms with Crippen LogP contribution in [-0.4, -0.2) is 68.2 Å². The first-order valence-corrected chi connectivity index (χ1v) is 10.6. The van der Waals surface area contributed by atoms with E-state index in [9.17, 15) is 0 Å². The van der Waals surface area contributed by atoms with Crippen molar-refractivity contribution in [1.29, 1.82) is 0 Å². The minimum Gasteiger partial charge on any atom is -0.376 e. The molecular weight excluding hydrogens is 463 g/mol. The monoisotopic (exact) mass is 502 g/mol. The largest absolute Gasteiger partial charge is 0.376 e. The van der Waals surface area contributed by atoms with Crippen LogP contribution in [0.3, 0.4) is 0 Å². The fourth-order valence-electron chi connectivity index (χ4n) is 3.55. The average Bonchev–Trinajstić information content (AvgIpc) is 3.16. The smallest absolute Gasteiger partial charge is 0.193 e. The molecule has 2 rings (SSSR count). The van der Waals surface area contributed by atoms with Crippen LogP contribution in [0.25, 0.3) is 0 Å². The van der Waals surface area contributed by atoms with Gasteiger partial charge in [0.05, 0.1) is 19.8 Å². The maximum absolute atomic E-state index is 5.95. The lowest BCUT2D eigenvalue weighted by Gasteiger charge is -2.23. The first-order chi connectivity index (χ1) is 13.3. The highest BCUT2D eigenvalue weighted by Crippen LogP contribution is 2.17. The Morgan fingerprint density at radius 2 is 2.00 bits per heavy atom. The van der Waals surface area contributed by atoms with Crippen molar-refractivity contribution in [3.63, 3.8) is 0 Å². The molecule has 1 aromatic rings. The second-order valence-electron chi connectivity index (χ2n) is 7.27. The van der Waals surface area contributed by atoms with E-state index in [-0.39, 0.29) is 24.0 Å². The van der Waals surface area contributed by atoms with Gasteiger partial charge >= 0.3 is 0 Å². The van der Waals surface area contributed by atoms with Crippen molar-refractivity contribution >= 4 is 29.9 Å². The van der Waals surface area contributed by atoms with Crippen molar-refractivity contribution in [3.05, 3.63) is 35.9 Å². The minimum atomic E-state index is 0. The fraction of sp³-hybridized carbons (Fsp3) is 0.682. The van der Waals surface area contributed by atoms with Crippen molar-refractivity contribution in [2.24, 2.45) is 10.9 Å². The molecule has 0 aliphatic carbocycles. The van der Waals surface area contributed by atoms with Gasteiger partial charge in [-0.1, -0.05) is 44.2 Å². The molecule has 0 spiro atoms. The molecule has 0 aromatic heterocycles. The highest BCUT2D eigenvalue weighted by molar-refractivity contribution is 14.0. The summed E-state index contributed by atoms with van der Waals surface area (Å²) in [7, 11) is 0. The molecule has 0 saturated carbocycles. The van der Waals surface area contributed by atoms with Gasteiger partial charge in [0, 0.05) is 32.1 Å². The predicted octanol–water partition coefficient (Wildman–Crippen LogP) is 3.84. The van der Waals surface area contributed by atoms with Crippen LogP contribution < -0.4 is 5.32 Å². The topological polar surface area (TPSA) is 40.1 Å². The first kappa shape index (κ1) is 25.2. The van der Waals surface area contributed by atoms with E-state index < -0.39 is 0 Å². The van der Waals surface area contributed by atoms with Crippen LogP contribution >= 0.6 is 24.0 Å². The summed E-state index contributed by atoms with van der Waals surface area (Å²) in [6.07, 6.45) is 2.38. The van der Waals surface area contributed by atoms with Gasteiger partial charge in [0.15, 0.2) is 5.96 Å². The molecule has 1 aromatic carbocycles. The van der Waals surface area contributed by atoms with E-state index in [2.05, 4.69) is 60.2 Å². The molecule has 1 saturated heterocycles. The molecule has 1 aliphatic rings. The number of likely N-dealkylation sites (tertiary alicyclic amines) is 1. The summed E-state index contributed by atoms with van der Waals surface area (Å²) in [5.74, 6) is 1.65. The minimum absolute atomic E-state index is 0. The Balaban J connectivity index is 0.00000392. The summed E-state index contributed by atoms with van der Waals surface area (Å²) < 4.78 is 5.95. The Kier molecular flexibility index (Phi) is 13.5. The Morgan fingerprint density at radius 1 is 1.21 bits per heavy atom. The van der Waals surface area contributed by atoms with Crippen molar-refractivity contribution in [1.82, 2.24) is 15.1 Å². The van der Waals surface area contributed by atoms with Gasteiger partial charge < -0.3 is 19.9 Å². The second-order valence-corrected chi connectivity index (χ2v) is 7.27. The van der Waals surface area contributed by atoms with Crippen LogP contribution in [0.5, 0.6) is 0 Å². The number of guanidine groups is 1. The van der Waals surface area contributed by atoms with Crippen molar-refractivity contribution in [2.75, 3.05) is 52.4 Å². The number of nitrogens with zero attached hydrogens (tertiary/aromatic N) is 3. The van der Waals surface area contributed by atoms with Gasteiger partial charge in [0.2, 0.25) is 0 Å². The number of hydrogen-bond acceptors (Lipinski definition) is 3. The van der Waals surface area contributed by atoms with E-state index in [4.69, 9.17) is 9.73 Å². The molecule has 6 heteroatoms. The summed E-state index contributed by atoms with van der Waals surface area (Å²) in [4.78, 5) is 9.75. The third-order valence-electron chi connectivity index (χ3n) is 5.05. The Bertz CT molecular complexity index is 541. The van der Waals surface area contributed by atoms with Crippen LogP contribution in [0.15, 0.2) is 35.3 Å². The van der Waals surface area contributed by atoms with Crippen molar-refractivity contribution in [2.45, 2.75) is 40.2 Å². The zero-order valence-corrected chi connectivity index (χ0v) is 20.2. The Labute approximate surface area is 188 Å². The highest BCUT2D eigenvalue weighted by Gasteiger charge is 2.25. The maximum atomic E-state index is 5.95. The van der Waals surface area contributed by atoms with E-state index in [0.29, 0.717) is 12.5 Å². The van der Waals surface area contributed by atoms with Gasteiger partial charge in [-0.3, -0.25) is 4.99 Å². The molecule has 0 bridgehead atoms. The molecular formula is C22H39IN4O. The maximum Gasteiger partial charge on any atom is 0.193 e. The third kappa shape index (κ3) is 9.09. The zero-order valence-electron chi connectivity index (χ0n) is 17.9. The van der Waals surface area contributed by atoms with Crippen LogP contribution in [0, 0.1) is 5.92 Å². The van der Waals surface area contributed by atoms with E-state index in [1.165, 1.54) is 18.4 Å². The number of aliphatic imine (C=N–C) groups is 1. The van der Waals surface area contributed by atoms with E-state index in [1.807, 2.05) is 6.07 Å². The summed E-state index contributed by atoms with van der Waals surface area (Å²) in [5, 5.41) is 3.47. The van der Waals surface area contributed by atoms with Gasteiger partial charge in [-0.2, -0.15) is 0 Å². The predicted molar refractivity (Wildman–Crippen MR) is 130 cm³/mol. The van der Waals surface area contributed by atoms with Crippen LogP contribution in [0.4, 0.5) is 0 Å². The summed E-state index contributed by atoms with van der Waals surface area (Å²) in [6.45, 7) is 15.3. The summed E-state index contributed by atoms with van der Waals surface area (Å²) in [6, 6.07) is 10.4. The lowest BCUT2D eigenvalue weighted by molar-refractivity contribution is 0.0906. The Morgan fingerprint density at radius 3 is 2.68 bits per heavy atom. The molecule has 5 nitrogen and oxygen atoms in total. The number of halogens is 1. The van der Waals surface area contributed by atoms with Gasteiger partial charge in [0.1, 0.15) is 0 Å². The van der Waals surface area contributed by atoms with Crippen molar-refractivity contribution < 1.29 is 4.74 Å². The third-order valence-corrected chi connectivity index (χ3v) is 5.05. The van der Waals surface area contributed by atoms with Crippen LogP contribution in [0.1, 0.15) is 39.2 Å². The van der Waals surface area contributed by atoms with E-state index in [1.54, 1.807) is 0 Å². The summed E-state index contributed by atoms with van der Waals surface area (Å²) in [5.41, 5.74) is 1.25. The van der Waals surface area contributed by atoms with Crippen molar-refractivity contribution in [3.8, 4) is 0 Å². The molecule has 1 fully saturated rings. The number of benzene rings is 1. The standard InChI is InChI=1S/C22H38N4O.HI/c1-4-14-25(6-3)16-13-24-22(23-5-2)26-15-12-21(17-26)19-27-18-20-10-8-7-9-11-20;/h7-11,21H,4-6,12-19H2,1-3H3,(H,23,24);1H. The lowest BCUT2D eigenvalue weighted by Crippen LogP contribution is -2.41. The normalized spacial score (nSPS) is 17.1. The lowest BCUT2D eigenvalue weighted by atomic mass is 10.1. The highest BCUT2D eigenvalue weighted by atomic mass is 127. The van der Waals surface area contributed by atoms with Gasteiger partial charge in [-0.15, -0.1) is 24.0 Å². The molecule has 28 heavy (non-hydrogen) atoms. The second kappa shape index (κ2) is 15.0. The quantitative estimate of drug-likeness (QED) is 0.284. The molecule has 160 valence electrons. The van der Waals surface area contributed by atoms with Crippen LogP contribution in [0.2, 0.25) is 0 Å². The number of hydrogen-bond donors (Lipinski definition) is 1. The SMILES string of the molecule is CCCN(CC)CCN=C(NCC)N1CCC(COCc2ccccc2)C1.I. The number of nitrogens with one attached hydrogen (secondary N) is 1. The molecule has 1 unspecified atom stereocenters. The molecule has 1 heterocycles. The van der Waals surface area contributed by atoms with Gasteiger partial charge in [0.25, 0.3) is 0 Å². The van der Waals surface area contributed by atoms with Crippen LogP contribution in [-0.2, 0) is 11.3 Å². The van der Waals surface area contributed by atoms with E-state index >= 15 is 0 Å². The van der Waals surface area contributed by atoms with E-state index in [0.717, 1.165) is 58.4 Å². The molecule has 1 N–H and O–H groups in total. The average molecular weight is 502 g/mol. The van der Waals surface area contributed by atoms with Gasteiger partial charge in [-0.25, -0.2) is 0 Å². The number of rotatable bonds is 11. The molecule has 0 radical (unpaired) electrons. The van der Waals surface area contributed by atoms with Gasteiger partial charge in [-0.05, 0) is 38.4 Å². The molecule has 1 aliphatic heterocycles. The fourth-order valence-corrected chi connectivity index (χ4v) is 3.55. The Hall–Kier alpha value is -0.860. The number of ether oxygens (including phenoxy) is 1. The summed E-state index contributed by atoms with van der Waals surface area (Å²) >= 11 is 0. The molecule has 0 amide bonds.